The highest BCUT2D eigenvalue weighted by Gasteiger charge is 2.06. The highest BCUT2D eigenvalue weighted by Crippen LogP contribution is 2.21. The van der Waals surface area contributed by atoms with Gasteiger partial charge in [0.2, 0.25) is 5.95 Å². The molecule has 0 aromatic carbocycles. The van der Waals surface area contributed by atoms with Crippen LogP contribution in [-0.4, -0.2) is 17.0 Å². The summed E-state index contributed by atoms with van der Waals surface area (Å²) >= 11 is 5.13. The minimum atomic E-state index is 0.490. The van der Waals surface area contributed by atoms with E-state index in [0.29, 0.717) is 11.8 Å². The molecule has 0 atom stereocenters. The first kappa shape index (κ1) is 11.3. The Kier molecular flexibility index (Phi) is 3.40. The standard InChI is InChI=1S/C10H11BrN4S/c1-15(5-8-4-7(11)6-16-8)10-13-3-2-9(12)14-10/h2-4,6H,5H2,1H3,(H2,12,13,14). The lowest BCUT2D eigenvalue weighted by Crippen LogP contribution is -2.18. The summed E-state index contributed by atoms with van der Waals surface area (Å²) in [6.07, 6.45) is 1.67. The van der Waals surface area contributed by atoms with Crippen LogP contribution in [0.1, 0.15) is 4.88 Å². The van der Waals surface area contributed by atoms with Gasteiger partial charge in [-0.2, -0.15) is 4.98 Å². The first-order valence-electron chi connectivity index (χ1n) is 4.68. The fraction of sp³-hybridized carbons (Fsp3) is 0.200. The molecule has 0 radical (unpaired) electrons. The van der Waals surface area contributed by atoms with Crippen molar-refractivity contribution < 1.29 is 0 Å². The summed E-state index contributed by atoms with van der Waals surface area (Å²) in [5, 5.41) is 2.06. The minimum Gasteiger partial charge on any atom is -0.384 e. The monoisotopic (exact) mass is 298 g/mol. The molecule has 0 fully saturated rings. The van der Waals surface area contributed by atoms with Gasteiger partial charge in [-0.15, -0.1) is 11.3 Å². The molecule has 0 aliphatic heterocycles. The Morgan fingerprint density at radius 3 is 3.00 bits per heavy atom. The van der Waals surface area contributed by atoms with E-state index in [-0.39, 0.29) is 0 Å². The molecule has 0 saturated carbocycles. The predicted molar refractivity (Wildman–Crippen MR) is 70.6 cm³/mol. The molecule has 0 aliphatic carbocycles. The van der Waals surface area contributed by atoms with E-state index in [1.54, 1.807) is 23.6 Å². The van der Waals surface area contributed by atoms with Crippen LogP contribution in [0.3, 0.4) is 0 Å². The normalized spacial score (nSPS) is 10.4. The summed E-state index contributed by atoms with van der Waals surface area (Å²) in [6, 6.07) is 3.77. The number of rotatable bonds is 3. The quantitative estimate of drug-likeness (QED) is 0.946. The Labute approximate surface area is 106 Å². The lowest BCUT2D eigenvalue weighted by Gasteiger charge is -2.15. The molecule has 0 saturated heterocycles. The van der Waals surface area contributed by atoms with Gasteiger partial charge in [0, 0.05) is 28.0 Å². The Bertz CT molecular complexity index is 485. The lowest BCUT2D eigenvalue weighted by atomic mass is 10.4. The van der Waals surface area contributed by atoms with Crippen molar-refractivity contribution in [3.63, 3.8) is 0 Å². The van der Waals surface area contributed by atoms with Crippen molar-refractivity contribution in [3.05, 3.63) is 33.1 Å². The second-order valence-corrected chi connectivity index (χ2v) is 5.28. The minimum absolute atomic E-state index is 0.490. The zero-order valence-electron chi connectivity index (χ0n) is 8.72. The molecule has 2 aromatic rings. The van der Waals surface area contributed by atoms with Crippen LogP contribution < -0.4 is 10.6 Å². The van der Waals surface area contributed by atoms with Gasteiger partial charge >= 0.3 is 0 Å². The van der Waals surface area contributed by atoms with Crippen LogP contribution in [0.2, 0.25) is 0 Å². The first-order chi connectivity index (χ1) is 7.65. The Hall–Kier alpha value is -1.14. The Morgan fingerprint density at radius 2 is 2.38 bits per heavy atom. The maximum Gasteiger partial charge on any atom is 0.227 e. The largest absolute Gasteiger partial charge is 0.384 e. The molecule has 84 valence electrons. The van der Waals surface area contributed by atoms with Crippen molar-refractivity contribution in [2.75, 3.05) is 17.7 Å². The van der Waals surface area contributed by atoms with Gasteiger partial charge in [-0.1, -0.05) is 0 Å². The lowest BCUT2D eigenvalue weighted by molar-refractivity contribution is 0.880. The number of aromatic nitrogens is 2. The summed E-state index contributed by atoms with van der Waals surface area (Å²) in [5.41, 5.74) is 5.61. The molecule has 0 bridgehead atoms. The van der Waals surface area contributed by atoms with Crippen LogP contribution in [0.15, 0.2) is 28.2 Å². The van der Waals surface area contributed by atoms with Gasteiger partial charge in [0.15, 0.2) is 0 Å². The third-order valence-electron chi connectivity index (χ3n) is 2.02. The first-order valence-corrected chi connectivity index (χ1v) is 6.35. The van der Waals surface area contributed by atoms with Crippen LogP contribution in [-0.2, 0) is 6.54 Å². The second kappa shape index (κ2) is 4.80. The maximum atomic E-state index is 5.61. The predicted octanol–water partition coefficient (Wildman–Crippen LogP) is 2.52. The summed E-state index contributed by atoms with van der Waals surface area (Å²) < 4.78 is 1.11. The van der Waals surface area contributed by atoms with Crippen LogP contribution in [0.5, 0.6) is 0 Å². The number of halogens is 1. The molecule has 0 amide bonds. The molecule has 2 N–H and O–H groups in total. The fourth-order valence-electron chi connectivity index (χ4n) is 1.29. The molecule has 4 nitrogen and oxygen atoms in total. The molecule has 2 heterocycles. The average Bonchev–Trinajstić information content (AvgIpc) is 2.64. The van der Waals surface area contributed by atoms with Gasteiger partial charge in [0.25, 0.3) is 0 Å². The fourth-order valence-corrected chi connectivity index (χ4v) is 2.79. The van der Waals surface area contributed by atoms with E-state index in [1.807, 2.05) is 11.9 Å². The second-order valence-electron chi connectivity index (χ2n) is 3.37. The van der Waals surface area contributed by atoms with E-state index in [0.717, 1.165) is 11.0 Å². The number of anilines is 2. The maximum absolute atomic E-state index is 5.61. The number of thiophene rings is 1. The topological polar surface area (TPSA) is 55.0 Å². The van der Waals surface area contributed by atoms with Gasteiger partial charge in [-0.25, -0.2) is 4.98 Å². The average molecular weight is 299 g/mol. The summed E-state index contributed by atoms with van der Waals surface area (Å²) in [5.74, 6) is 1.13. The van der Waals surface area contributed by atoms with Crippen LogP contribution in [0.4, 0.5) is 11.8 Å². The van der Waals surface area contributed by atoms with Crippen molar-refractivity contribution in [3.8, 4) is 0 Å². The SMILES string of the molecule is CN(Cc1cc(Br)cs1)c1nccc(N)n1. The van der Waals surface area contributed by atoms with Gasteiger partial charge in [-0.3, -0.25) is 0 Å². The summed E-state index contributed by atoms with van der Waals surface area (Å²) in [6.45, 7) is 0.778. The van der Waals surface area contributed by atoms with Crippen LogP contribution in [0.25, 0.3) is 0 Å². The highest BCUT2D eigenvalue weighted by atomic mass is 79.9. The van der Waals surface area contributed by atoms with E-state index >= 15 is 0 Å². The van der Waals surface area contributed by atoms with E-state index in [4.69, 9.17) is 5.73 Å². The zero-order valence-corrected chi connectivity index (χ0v) is 11.1. The molecule has 2 aromatic heterocycles. The molecular weight excluding hydrogens is 288 g/mol. The number of nitrogen functional groups attached to an aromatic ring is 1. The number of hydrogen-bond acceptors (Lipinski definition) is 5. The Balaban J connectivity index is 2.11. The van der Waals surface area contributed by atoms with Gasteiger partial charge in [0.05, 0.1) is 6.54 Å². The molecule has 0 aliphatic rings. The van der Waals surface area contributed by atoms with Crippen molar-refractivity contribution in [1.29, 1.82) is 0 Å². The molecule has 0 unspecified atom stereocenters. The van der Waals surface area contributed by atoms with Crippen molar-refractivity contribution >= 4 is 39.0 Å². The van der Waals surface area contributed by atoms with Crippen molar-refractivity contribution in [2.24, 2.45) is 0 Å². The van der Waals surface area contributed by atoms with Crippen molar-refractivity contribution in [1.82, 2.24) is 9.97 Å². The molecule has 2 rings (SSSR count). The number of nitrogens with two attached hydrogens (primary N) is 1. The van der Waals surface area contributed by atoms with E-state index in [9.17, 15) is 0 Å². The van der Waals surface area contributed by atoms with Crippen LogP contribution >= 0.6 is 27.3 Å². The van der Waals surface area contributed by atoms with E-state index in [1.165, 1.54) is 4.88 Å². The number of nitrogens with zero attached hydrogens (tertiary/aromatic N) is 3. The molecule has 6 heteroatoms. The summed E-state index contributed by atoms with van der Waals surface area (Å²) in [4.78, 5) is 11.5. The van der Waals surface area contributed by atoms with E-state index in [2.05, 4.69) is 37.3 Å². The Morgan fingerprint density at radius 1 is 1.56 bits per heavy atom. The van der Waals surface area contributed by atoms with Gasteiger partial charge in [-0.05, 0) is 28.1 Å². The molecule has 16 heavy (non-hydrogen) atoms. The summed E-state index contributed by atoms with van der Waals surface area (Å²) in [7, 11) is 1.95. The molecular formula is C10H11BrN4S. The van der Waals surface area contributed by atoms with Gasteiger partial charge in [0.1, 0.15) is 5.82 Å². The zero-order chi connectivity index (χ0) is 11.5. The number of hydrogen-bond donors (Lipinski definition) is 1. The van der Waals surface area contributed by atoms with Crippen molar-refractivity contribution in [2.45, 2.75) is 6.54 Å². The molecule has 0 spiro atoms. The third kappa shape index (κ3) is 2.70. The van der Waals surface area contributed by atoms with E-state index < -0.39 is 0 Å². The van der Waals surface area contributed by atoms with Gasteiger partial charge < -0.3 is 10.6 Å². The third-order valence-corrected chi connectivity index (χ3v) is 3.70. The highest BCUT2D eigenvalue weighted by molar-refractivity contribution is 9.10. The smallest absolute Gasteiger partial charge is 0.227 e. The van der Waals surface area contributed by atoms with Crippen LogP contribution in [0, 0.1) is 0 Å².